The number of thiazole rings is 1. The Labute approximate surface area is 167 Å². The molecule has 28 heavy (non-hydrogen) atoms. The minimum absolute atomic E-state index is 0.316. The smallest absolute Gasteiger partial charge is 0.141 e. The number of hydrogen-bond acceptors (Lipinski definition) is 7. The molecule has 138 valence electrons. The first-order valence-corrected chi connectivity index (χ1v) is 9.88. The summed E-state index contributed by atoms with van der Waals surface area (Å²) in [6.45, 7) is 4.13. The normalized spacial score (nSPS) is 16.0. The molecule has 0 spiro atoms. The first-order chi connectivity index (χ1) is 13.6. The van der Waals surface area contributed by atoms with Gasteiger partial charge in [-0.25, -0.2) is 9.97 Å². The maximum Gasteiger partial charge on any atom is 0.141 e. The second-order valence-corrected chi connectivity index (χ2v) is 7.88. The van der Waals surface area contributed by atoms with Crippen molar-refractivity contribution in [2.24, 2.45) is 5.92 Å². The lowest BCUT2D eigenvalue weighted by Crippen LogP contribution is -2.19. The van der Waals surface area contributed by atoms with Crippen molar-refractivity contribution in [2.75, 3.05) is 23.7 Å². The molecule has 2 N–H and O–H groups in total. The van der Waals surface area contributed by atoms with Gasteiger partial charge in [-0.1, -0.05) is 6.92 Å². The van der Waals surface area contributed by atoms with Crippen LogP contribution >= 0.6 is 11.3 Å². The van der Waals surface area contributed by atoms with Crippen LogP contribution in [0.25, 0.3) is 22.0 Å². The van der Waals surface area contributed by atoms with Crippen molar-refractivity contribution in [1.29, 1.82) is 10.5 Å². The number of nitrogens with zero attached hydrogens (tertiary/aromatic N) is 5. The molecule has 0 radical (unpaired) electrons. The molecule has 7 heteroatoms. The lowest BCUT2D eigenvalue weighted by molar-refractivity contribution is 0.659. The van der Waals surface area contributed by atoms with Crippen molar-refractivity contribution in [3.8, 4) is 34.1 Å². The summed E-state index contributed by atoms with van der Waals surface area (Å²) in [5.41, 5.74) is 10.2. The van der Waals surface area contributed by atoms with Gasteiger partial charge in [-0.15, -0.1) is 11.3 Å². The van der Waals surface area contributed by atoms with Crippen molar-refractivity contribution in [1.82, 2.24) is 9.97 Å². The number of nitrogens with two attached hydrogens (primary N) is 1. The zero-order valence-electron chi connectivity index (χ0n) is 15.4. The average Bonchev–Trinajstić information content (AvgIpc) is 3.39. The standard InChI is InChI=1S/C21H18N6S/c1-13-2-4-27(12-13)16-7-14(10-22)6-15(8-16)20-17(11-23)18(24)9-19(26-20)21-25-3-5-28-21/h3,5-9,13H,2,4,12H2,1H3,(H2,24,26). The lowest BCUT2D eigenvalue weighted by Gasteiger charge is -2.20. The molecule has 3 aromatic rings. The van der Waals surface area contributed by atoms with Gasteiger partial charge in [0.2, 0.25) is 0 Å². The summed E-state index contributed by atoms with van der Waals surface area (Å²) in [5, 5.41) is 21.8. The molecule has 0 saturated carbocycles. The van der Waals surface area contributed by atoms with Gasteiger partial charge in [0.25, 0.3) is 0 Å². The highest BCUT2D eigenvalue weighted by molar-refractivity contribution is 7.13. The van der Waals surface area contributed by atoms with Crippen LogP contribution in [-0.2, 0) is 0 Å². The Hall–Kier alpha value is -3.42. The number of hydrogen-bond donors (Lipinski definition) is 1. The van der Waals surface area contributed by atoms with Crippen LogP contribution in [-0.4, -0.2) is 23.1 Å². The molecule has 3 heterocycles. The SMILES string of the molecule is CC1CCN(c2cc(C#N)cc(-c3nc(-c4nccs4)cc(N)c3C#N)c2)C1. The predicted molar refractivity (Wildman–Crippen MR) is 111 cm³/mol. The summed E-state index contributed by atoms with van der Waals surface area (Å²) in [4.78, 5) is 11.3. The van der Waals surface area contributed by atoms with E-state index in [4.69, 9.17) is 10.7 Å². The molecule has 1 fully saturated rings. The number of benzene rings is 1. The van der Waals surface area contributed by atoms with Crippen LogP contribution < -0.4 is 10.6 Å². The number of aromatic nitrogens is 2. The summed E-state index contributed by atoms with van der Waals surface area (Å²) >= 11 is 1.46. The summed E-state index contributed by atoms with van der Waals surface area (Å²) in [5.74, 6) is 0.617. The molecular formula is C21H18N6S. The first kappa shape index (κ1) is 18.0. The van der Waals surface area contributed by atoms with Gasteiger partial charge in [0.15, 0.2) is 0 Å². The molecular weight excluding hydrogens is 368 g/mol. The number of rotatable bonds is 3. The summed E-state index contributed by atoms with van der Waals surface area (Å²) < 4.78 is 0. The van der Waals surface area contributed by atoms with E-state index in [0.717, 1.165) is 35.8 Å². The van der Waals surface area contributed by atoms with Gasteiger partial charge in [0.05, 0.1) is 23.0 Å². The second kappa shape index (κ2) is 7.30. The van der Waals surface area contributed by atoms with Crippen molar-refractivity contribution < 1.29 is 0 Å². The topological polar surface area (TPSA) is 103 Å². The molecule has 1 aliphatic heterocycles. The minimum Gasteiger partial charge on any atom is -0.398 e. The zero-order chi connectivity index (χ0) is 19.7. The molecule has 1 atom stereocenters. The van der Waals surface area contributed by atoms with E-state index in [-0.39, 0.29) is 0 Å². The van der Waals surface area contributed by atoms with Crippen LogP contribution in [0.1, 0.15) is 24.5 Å². The van der Waals surface area contributed by atoms with Crippen LogP contribution in [0, 0.1) is 28.6 Å². The van der Waals surface area contributed by atoms with E-state index in [0.29, 0.717) is 34.1 Å². The lowest BCUT2D eigenvalue weighted by atomic mass is 10.0. The van der Waals surface area contributed by atoms with E-state index >= 15 is 0 Å². The largest absolute Gasteiger partial charge is 0.398 e. The van der Waals surface area contributed by atoms with Crippen LogP contribution in [0.3, 0.4) is 0 Å². The summed E-state index contributed by atoms with van der Waals surface area (Å²) in [7, 11) is 0. The van der Waals surface area contributed by atoms with Gasteiger partial charge in [-0.3, -0.25) is 0 Å². The van der Waals surface area contributed by atoms with Gasteiger partial charge >= 0.3 is 0 Å². The fourth-order valence-corrected chi connectivity index (χ4v) is 4.11. The van der Waals surface area contributed by atoms with E-state index in [1.165, 1.54) is 11.3 Å². The van der Waals surface area contributed by atoms with Crippen molar-refractivity contribution in [3.63, 3.8) is 0 Å². The number of pyridine rings is 1. The van der Waals surface area contributed by atoms with E-state index in [2.05, 4.69) is 28.9 Å². The molecule has 4 rings (SSSR count). The minimum atomic E-state index is 0.316. The van der Waals surface area contributed by atoms with Crippen LogP contribution in [0.4, 0.5) is 11.4 Å². The quantitative estimate of drug-likeness (QED) is 0.728. The average molecular weight is 386 g/mol. The zero-order valence-corrected chi connectivity index (χ0v) is 16.2. The second-order valence-electron chi connectivity index (χ2n) is 6.99. The van der Waals surface area contributed by atoms with Gasteiger partial charge < -0.3 is 10.6 Å². The highest BCUT2D eigenvalue weighted by Crippen LogP contribution is 2.34. The molecule has 0 amide bonds. The summed E-state index contributed by atoms with van der Waals surface area (Å²) in [6, 6.07) is 11.7. The fourth-order valence-electron chi connectivity index (χ4n) is 3.52. The Morgan fingerprint density at radius 1 is 1.21 bits per heavy atom. The van der Waals surface area contributed by atoms with Crippen LogP contribution in [0.5, 0.6) is 0 Å². The maximum atomic E-state index is 9.67. The van der Waals surface area contributed by atoms with E-state index in [9.17, 15) is 10.5 Å². The Morgan fingerprint density at radius 2 is 2.07 bits per heavy atom. The highest BCUT2D eigenvalue weighted by atomic mass is 32.1. The third-order valence-electron chi connectivity index (χ3n) is 4.92. The molecule has 1 aliphatic rings. The third kappa shape index (κ3) is 3.28. The van der Waals surface area contributed by atoms with Gasteiger partial charge in [0, 0.05) is 35.9 Å². The molecule has 1 aromatic carbocycles. The number of nitriles is 2. The molecule has 0 bridgehead atoms. The predicted octanol–water partition coefficient (Wildman–Crippen LogP) is 4.04. The first-order valence-electron chi connectivity index (χ1n) is 9.00. The number of nitrogen functional groups attached to an aromatic ring is 1. The van der Waals surface area contributed by atoms with Gasteiger partial charge in [-0.2, -0.15) is 10.5 Å². The van der Waals surface area contributed by atoms with Gasteiger partial charge in [-0.05, 0) is 36.6 Å². The highest BCUT2D eigenvalue weighted by Gasteiger charge is 2.21. The van der Waals surface area contributed by atoms with Crippen LogP contribution in [0.2, 0.25) is 0 Å². The molecule has 6 nitrogen and oxygen atoms in total. The fraction of sp³-hybridized carbons (Fsp3) is 0.238. The van der Waals surface area contributed by atoms with Crippen molar-refractivity contribution in [3.05, 3.63) is 47.0 Å². The Morgan fingerprint density at radius 3 is 2.71 bits per heavy atom. The summed E-state index contributed by atoms with van der Waals surface area (Å²) in [6.07, 6.45) is 2.83. The van der Waals surface area contributed by atoms with E-state index in [1.807, 2.05) is 17.5 Å². The number of anilines is 2. The Kier molecular flexibility index (Phi) is 4.68. The van der Waals surface area contributed by atoms with E-state index < -0.39 is 0 Å². The molecule has 1 saturated heterocycles. The third-order valence-corrected chi connectivity index (χ3v) is 5.72. The monoisotopic (exact) mass is 386 g/mol. The Bertz CT molecular complexity index is 1110. The van der Waals surface area contributed by atoms with E-state index in [1.54, 1.807) is 18.3 Å². The molecule has 1 unspecified atom stereocenters. The Balaban J connectivity index is 1.88. The van der Waals surface area contributed by atoms with Gasteiger partial charge in [0.1, 0.15) is 22.3 Å². The molecule has 0 aliphatic carbocycles. The van der Waals surface area contributed by atoms with Crippen molar-refractivity contribution in [2.45, 2.75) is 13.3 Å². The maximum absolute atomic E-state index is 9.67. The van der Waals surface area contributed by atoms with Crippen LogP contribution in [0.15, 0.2) is 35.8 Å². The molecule has 2 aromatic heterocycles. The van der Waals surface area contributed by atoms with Crippen molar-refractivity contribution >= 4 is 22.7 Å².